The van der Waals surface area contributed by atoms with Crippen molar-refractivity contribution in [2.75, 3.05) is 5.32 Å². The summed E-state index contributed by atoms with van der Waals surface area (Å²) >= 11 is 0. The molecule has 6 heteroatoms. The molecule has 2 aliphatic heterocycles. The van der Waals surface area contributed by atoms with Crippen molar-refractivity contribution < 1.29 is 19.1 Å². The standard InChI is InChI=1S/C29H28N2O4/c1-29(2,3)17-6-4-5-16(13-17)22(32)15-21-26-20-14-18(7-9-23(20)35-27(21)26)34-24-11-12-30-28-19(24)8-10-25(33)31-28/h4-7,9,11-14,21,26-27H,8,10,15H2,1-3H3,(H,30,31,33)/t21-,26-,27+/m0/s1. The fourth-order valence-corrected chi connectivity index (χ4v) is 5.23. The van der Waals surface area contributed by atoms with Crippen LogP contribution in [-0.2, 0) is 16.6 Å². The Hall–Kier alpha value is -3.67. The smallest absolute Gasteiger partial charge is 0.225 e. The van der Waals surface area contributed by atoms with E-state index in [0.29, 0.717) is 36.6 Å². The highest BCUT2D eigenvalue weighted by Crippen LogP contribution is 2.60. The van der Waals surface area contributed by atoms with Gasteiger partial charge in [-0.2, -0.15) is 0 Å². The largest absolute Gasteiger partial charge is 0.489 e. The maximum atomic E-state index is 13.1. The lowest BCUT2D eigenvalue weighted by molar-refractivity contribution is -0.116. The first-order valence-electron chi connectivity index (χ1n) is 12.2. The Morgan fingerprint density at radius 3 is 2.83 bits per heavy atom. The van der Waals surface area contributed by atoms with E-state index in [1.807, 2.05) is 42.5 Å². The van der Waals surface area contributed by atoms with Gasteiger partial charge in [0.15, 0.2) is 5.78 Å². The molecule has 2 aromatic carbocycles. The summed E-state index contributed by atoms with van der Waals surface area (Å²) in [6.07, 6.45) is 3.20. The molecule has 1 amide bonds. The van der Waals surface area contributed by atoms with Crippen molar-refractivity contribution in [3.63, 3.8) is 0 Å². The maximum absolute atomic E-state index is 13.1. The summed E-state index contributed by atoms with van der Waals surface area (Å²) in [7, 11) is 0. The Labute approximate surface area is 204 Å². The molecular formula is C29H28N2O4. The van der Waals surface area contributed by atoms with E-state index in [9.17, 15) is 9.59 Å². The van der Waals surface area contributed by atoms with E-state index < -0.39 is 0 Å². The van der Waals surface area contributed by atoms with Crippen LogP contribution in [-0.4, -0.2) is 22.8 Å². The number of pyridine rings is 1. The van der Waals surface area contributed by atoms with Crippen LogP contribution >= 0.6 is 0 Å². The van der Waals surface area contributed by atoms with Gasteiger partial charge >= 0.3 is 0 Å². The number of aromatic nitrogens is 1. The SMILES string of the molecule is CC(C)(C)c1cccc(C(=O)C[C@@H]2[C@H]3Oc4ccc(Oc5ccnc6c5CCC(=O)N6)cc4[C@@H]23)c1. The first-order chi connectivity index (χ1) is 16.8. The van der Waals surface area contributed by atoms with Crippen LogP contribution in [0.3, 0.4) is 0 Å². The minimum absolute atomic E-state index is 0.00445. The molecule has 0 saturated heterocycles. The third-order valence-corrected chi connectivity index (χ3v) is 7.27. The zero-order valence-corrected chi connectivity index (χ0v) is 20.1. The van der Waals surface area contributed by atoms with Gasteiger partial charge in [0, 0.05) is 47.6 Å². The van der Waals surface area contributed by atoms with Gasteiger partial charge in [0.05, 0.1) is 0 Å². The van der Waals surface area contributed by atoms with Gasteiger partial charge in [-0.3, -0.25) is 9.59 Å². The number of fused-ring (bicyclic) bond motifs is 4. The number of Topliss-reactive ketones (excluding diaryl/α,β-unsaturated/α-hetero) is 1. The summed E-state index contributed by atoms with van der Waals surface area (Å²) in [4.78, 5) is 29.0. The van der Waals surface area contributed by atoms with Crippen LogP contribution in [0.1, 0.15) is 66.6 Å². The van der Waals surface area contributed by atoms with Crippen LogP contribution in [0.2, 0.25) is 0 Å². The van der Waals surface area contributed by atoms with Crippen LogP contribution in [0.5, 0.6) is 17.2 Å². The molecule has 178 valence electrons. The number of nitrogens with zero attached hydrogens (tertiary/aromatic N) is 1. The molecule has 1 aliphatic carbocycles. The third kappa shape index (κ3) is 3.97. The molecule has 1 aromatic heterocycles. The summed E-state index contributed by atoms with van der Waals surface area (Å²) in [6.45, 7) is 6.47. The summed E-state index contributed by atoms with van der Waals surface area (Å²) in [5, 5.41) is 2.81. The molecule has 1 saturated carbocycles. The number of hydrogen-bond acceptors (Lipinski definition) is 5. The van der Waals surface area contributed by atoms with Crippen molar-refractivity contribution in [1.29, 1.82) is 0 Å². The van der Waals surface area contributed by atoms with E-state index in [0.717, 1.165) is 22.4 Å². The quantitative estimate of drug-likeness (QED) is 0.479. The number of benzene rings is 2. The number of nitrogens with one attached hydrogen (secondary N) is 1. The van der Waals surface area contributed by atoms with E-state index in [1.54, 1.807) is 6.20 Å². The van der Waals surface area contributed by atoms with Gasteiger partial charge in [0.25, 0.3) is 0 Å². The van der Waals surface area contributed by atoms with Crippen LogP contribution in [0, 0.1) is 5.92 Å². The van der Waals surface area contributed by atoms with E-state index in [4.69, 9.17) is 9.47 Å². The van der Waals surface area contributed by atoms with E-state index in [2.05, 4.69) is 37.1 Å². The topological polar surface area (TPSA) is 77.5 Å². The van der Waals surface area contributed by atoms with Gasteiger partial charge in [-0.05, 0) is 47.7 Å². The maximum Gasteiger partial charge on any atom is 0.225 e. The summed E-state index contributed by atoms with van der Waals surface area (Å²) < 4.78 is 12.4. The lowest BCUT2D eigenvalue weighted by Gasteiger charge is -2.19. The number of amides is 1. The minimum Gasteiger partial charge on any atom is -0.489 e. The Morgan fingerprint density at radius 1 is 1.14 bits per heavy atom. The van der Waals surface area contributed by atoms with Gasteiger partial charge in [-0.15, -0.1) is 0 Å². The monoisotopic (exact) mass is 468 g/mol. The van der Waals surface area contributed by atoms with Gasteiger partial charge < -0.3 is 14.8 Å². The second-order valence-electron chi connectivity index (χ2n) is 10.7. The number of ketones is 1. The van der Waals surface area contributed by atoms with Crippen LogP contribution in [0.4, 0.5) is 5.82 Å². The molecule has 0 spiro atoms. The van der Waals surface area contributed by atoms with Crippen LogP contribution < -0.4 is 14.8 Å². The summed E-state index contributed by atoms with van der Waals surface area (Å²) in [5.74, 6) is 3.40. The Morgan fingerprint density at radius 2 is 2.00 bits per heavy atom. The minimum atomic E-state index is -0.0256. The van der Waals surface area contributed by atoms with Crippen molar-refractivity contribution in [3.8, 4) is 17.2 Å². The van der Waals surface area contributed by atoms with Crippen molar-refractivity contribution >= 4 is 17.5 Å². The van der Waals surface area contributed by atoms with Gasteiger partial charge in [0.2, 0.25) is 5.91 Å². The number of carbonyl (C=O) groups excluding carboxylic acids is 2. The van der Waals surface area contributed by atoms with Crippen LogP contribution in [0.15, 0.2) is 54.7 Å². The molecular weight excluding hydrogens is 440 g/mol. The number of carbonyl (C=O) groups is 2. The highest BCUT2D eigenvalue weighted by Gasteiger charge is 2.59. The molecule has 0 unspecified atom stereocenters. The zero-order chi connectivity index (χ0) is 24.3. The number of hydrogen-bond donors (Lipinski definition) is 1. The van der Waals surface area contributed by atoms with Crippen molar-refractivity contribution in [1.82, 2.24) is 4.98 Å². The highest BCUT2D eigenvalue weighted by molar-refractivity contribution is 5.97. The molecule has 6 rings (SSSR count). The number of ether oxygens (including phenoxy) is 2. The summed E-state index contributed by atoms with van der Waals surface area (Å²) in [6, 6.07) is 15.7. The third-order valence-electron chi connectivity index (χ3n) is 7.27. The van der Waals surface area contributed by atoms with Crippen molar-refractivity contribution in [2.24, 2.45) is 5.92 Å². The molecule has 3 atom stereocenters. The molecule has 0 bridgehead atoms. The van der Waals surface area contributed by atoms with Crippen LogP contribution in [0.25, 0.3) is 0 Å². The molecule has 3 aliphatic rings. The Balaban J connectivity index is 1.18. The van der Waals surface area contributed by atoms with Gasteiger partial charge in [-0.1, -0.05) is 39.0 Å². The first kappa shape index (κ1) is 21.8. The molecule has 1 fully saturated rings. The lowest BCUT2D eigenvalue weighted by Crippen LogP contribution is -2.20. The molecule has 3 heterocycles. The average Bonchev–Trinajstić information content (AvgIpc) is 3.35. The average molecular weight is 469 g/mol. The molecule has 3 aromatic rings. The Kier molecular flexibility index (Phi) is 4.95. The number of rotatable bonds is 5. The number of anilines is 1. The van der Waals surface area contributed by atoms with E-state index in [1.165, 1.54) is 5.56 Å². The Bertz CT molecular complexity index is 1360. The van der Waals surface area contributed by atoms with E-state index in [-0.39, 0.29) is 35.0 Å². The predicted octanol–water partition coefficient (Wildman–Crippen LogP) is 5.80. The predicted molar refractivity (Wildman–Crippen MR) is 132 cm³/mol. The zero-order valence-electron chi connectivity index (χ0n) is 20.1. The highest BCUT2D eigenvalue weighted by atomic mass is 16.5. The lowest BCUT2D eigenvalue weighted by atomic mass is 9.85. The molecule has 6 nitrogen and oxygen atoms in total. The molecule has 35 heavy (non-hydrogen) atoms. The fraction of sp³-hybridized carbons (Fsp3) is 0.345. The molecule has 0 radical (unpaired) electrons. The fourth-order valence-electron chi connectivity index (χ4n) is 5.23. The first-order valence-corrected chi connectivity index (χ1v) is 12.2. The van der Waals surface area contributed by atoms with Gasteiger partial charge in [0.1, 0.15) is 29.2 Å². The van der Waals surface area contributed by atoms with E-state index >= 15 is 0 Å². The van der Waals surface area contributed by atoms with Crippen molar-refractivity contribution in [3.05, 3.63) is 77.0 Å². The van der Waals surface area contributed by atoms with Gasteiger partial charge in [-0.25, -0.2) is 4.98 Å². The second kappa shape index (κ2) is 7.94. The second-order valence-corrected chi connectivity index (χ2v) is 10.7. The summed E-state index contributed by atoms with van der Waals surface area (Å²) in [5.41, 5.74) is 3.96. The van der Waals surface area contributed by atoms with Crippen molar-refractivity contribution in [2.45, 2.75) is 57.5 Å². The normalized spacial score (nSPS) is 21.8. The molecule has 1 N–H and O–H groups in total.